The summed E-state index contributed by atoms with van der Waals surface area (Å²) in [6, 6.07) is 2.91. The van der Waals surface area contributed by atoms with Gasteiger partial charge < -0.3 is 9.73 Å². The second kappa shape index (κ2) is 5.77. The van der Waals surface area contributed by atoms with Crippen LogP contribution >= 0.6 is 0 Å². The zero-order valence-electron chi connectivity index (χ0n) is 13.1. The lowest BCUT2D eigenvalue weighted by Crippen LogP contribution is -2.38. The van der Waals surface area contributed by atoms with Gasteiger partial charge in [-0.3, -0.25) is 4.90 Å². The molecule has 1 aliphatic heterocycles. The molecule has 1 aromatic rings. The fourth-order valence-electron chi connectivity index (χ4n) is 4.22. The van der Waals surface area contributed by atoms with Crippen LogP contribution in [0.15, 0.2) is 16.7 Å². The molecular weight excluding hydrogens is 260 g/mol. The first kappa shape index (κ1) is 13.8. The van der Waals surface area contributed by atoms with E-state index in [0.717, 1.165) is 24.5 Å². The second-order valence-corrected chi connectivity index (χ2v) is 7.51. The van der Waals surface area contributed by atoms with Gasteiger partial charge in [0.15, 0.2) is 0 Å². The molecule has 3 aliphatic rings. The summed E-state index contributed by atoms with van der Waals surface area (Å²) in [6.07, 6.45) is 13.3. The van der Waals surface area contributed by atoms with Gasteiger partial charge in [-0.2, -0.15) is 0 Å². The summed E-state index contributed by atoms with van der Waals surface area (Å²) in [6.45, 7) is 4.51. The Bertz CT molecular complexity index is 461. The van der Waals surface area contributed by atoms with Crippen molar-refractivity contribution in [3.63, 3.8) is 0 Å². The Labute approximate surface area is 128 Å². The van der Waals surface area contributed by atoms with Crippen molar-refractivity contribution in [2.75, 3.05) is 13.1 Å². The van der Waals surface area contributed by atoms with Crippen molar-refractivity contribution in [3.8, 4) is 0 Å². The summed E-state index contributed by atoms with van der Waals surface area (Å²) < 4.78 is 5.76. The van der Waals surface area contributed by atoms with Gasteiger partial charge in [-0.05, 0) is 63.1 Å². The molecule has 0 amide bonds. The third-order valence-corrected chi connectivity index (χ3v) is 5.94. The number of rotatable bonds is 5. The summed E-state index contributed by atoms with van der Waals surface area (Å²) in [5, 5.41) is 3.60. The van der Waals surface area contributed by atoms with Crippen LogP contribution in [-0.4, -0.2) is 24.0 Å². The minimum atomic E-state index is 0.718. The monoisotopic (exact) mass is 288 g/mol. The molecule has 1 aromatic heterocycles. The highest BCUT2D eigenvalue weighted by Gasteiger charge is 2.37. The number of hydrogen-bond acceptors (Lipinski definition) is 3. The molecule has 0 unspecified atom stereocenters. The third kappa shape index (κ3) is 3.19. The molecule has 1 spiro atoms. The summed E-state index contributed by atoms with van der Waals surface area (Å²) >= 11 is 0. The maximum absolute atomic E-state index is 5.76. The number of nitrogens with zero attached hydrogens (tertiary/aromatic N) is 1. The van der Waals surface area contributed by atoms with Gasteiger partial charge in [-0.1, -0.05) is 12.8 Å². The van der Waals surface area contributed by atoms with Crippen molar-refractivity contribution in [2.45, 2.75) is 70.5 Å². The number of nitrogens with one attached hydrogen (secondary N) is 1. The molecule has 0 aromatic carbocycles. The van der Waals surface area contributed by atoms with E-state index >= 15 is 0 Å². The van der Waals surface area contributed by atoms with E-state index in [0.29, 0.717) is 0 Å². The van der Waals surface area contributed by atoms with E-state index in [2.05, 4.69) is 16.3 Å². The molecule has 0 bridgehead atoms. The van der Waals surface area contributed by atoms with Crippen LogP contribution in [-0.2, 0) is 13.1 Å². The normalized spacial score (nSPS) is 25.7. The van der Waals surface area contributed by atoms with E-state index in [-0.39, 0.29) is 0 Å². The van der Waals surface area contributed by atoms with Crippen LogP contribution in [0.5, 0.6) is 0 Å². The van der Waals surface area contributed by atoms with Crippen LogP contribution in [0, 0.1) is 5.41 Å². The summed E-state index contributed by atoms with van der Waals surface area (Å²) in [5.41, 5.74) is 2.08. The Balaban J connectivity index is 1.31. The average molecular weight is 288 g/mol. The molecular formula is C18H28N2O. The lowest BCUT2D eigenvalue weighted by Gasteiger charge is -2.39. The summed E-state index contributed by atoms with van der Waals surface area (Å²) in [5.74, 6) is 1.19. The maximum Gasteiger partial charge on any atom is 0.122 e. The zero-order valence-corrected chi connectivity index (χ0v) is 13.1. The van der Waals surface area contributed by atoms with E-state index in [1.165, 1.54) is 75.8 Å². The van der Waals surface area contributed by atoms with Crippen LogP contribution in [0.4, 0.5) is 0 Å². The van der Waals surface area contributed by atoms with Crippen molar-refractivity contribution >= 4 is 0 Å². The van der Waals surface area contributed by atoms with E-state index in [1.807, 2.05) is 6.26 Å². The smallest absolute Gasteiger partial charge is 0.122 e. The largest absolute Gasteiger partial charge is 0.468 e. The van der Waals surface area contributed by atoms with Crippen molar-refractivity contribution < 1.29 is 4.42 Å². The Kier molecular flexibility index (Phi) is 3.80. The molecule has 4 rings (SSSR count). The molecule has 3 fully saturated rings. The molecule has 0 atom stereocenters. The molecule has 3 heteroatoms. The number of furan rings is 1. The van der Waals surface area contributed by atoms with Gasteiger partial charge in [0.1, 0.15) is 5.76 Å². The molecule has 2 saturated carbocycles. The lowest BCUT2D eigenvalue weighted by molar-refractivity contribution is 0.0978. The van der Waals surface area contributed by atoms with Crippen molar-refractivity contribution in [2.24, 2.45) is 5.41 Å². The SMILES string of the molecule is c1cc(CNC2CC2)c(CN2CCC3(CCCC3)CC2)o1. The molecule has 2 heterocycles. The molecule has 1 saturated heterocycles. The number of hydrogen-bond donors (Lipinski definition) is 1. The Morgan fingerprint density at radius 1 is 1.14 bits per heavy atom. The highest BCUT2D eigenvalue weighted by Crippen LogP contribution is 2.46. The van der Waals surface area contributed by atoms with Crippen molar-refractivity contribution in [3.05, 3.63) is 23.7 Å². The molecule has 1 N–H and O–H groups in total. The van der Waals surface area contributed by atoms with Gasteiger partial charge in [-0.15, -0.1) is 0 Å². The van der Waals surface area contributed by atoms with E-state index < -0.39 is 0 Å². The van der Waals surface area contributed by atoms with Gasteiger partial charge >= 0.3 is 0 Å². The lowest BCUT2D eigenvalue weighted by atomic mass is 9.77. The minimum Gasteiger partial charge on any atom is -0.468 e. The van der Waals surface area contributed by atoms with Crippen LogP contribution in [0.2, 0.25) is 0 Å². The topological polar surface area (TPSA) is 28.4 Å². The van der Waals surface area contributed by atoms with E-state index in [4.69, 9.17) is 4.42 Å². The summed E-state index contributed by atoms with van der Waals surface area (Å²) in [4.78, 5) is 2.60. The Morgan fingerprint density at radius 3 is 2.62 bits per heavy atom. The minimum absolute atomic E-state index is 0.718. The molecule has 116 valence electrons. The number of likely N-dealkylation sites (tertiary alicyclic amines) is 1. The van der Waals surface area contributed by atoms with Crippen LogP contribution in [0.1, 0.15) is 62.7 Å². The van der Waals surface area contributed by atoms with Crippen LogP contribution in [0.25, 0.3) is 0 Å². The van der Waals surface area contributed by atoms with Crippen LogP contribution in [0.3, 0.4) is 0 Å². The first-order chi connectivity index (χ1) is 10.3. The predicted octanol–water partition coefficient (Wildman–Crippen LogP) is 3.69. The number of piperidine rings is 1. The first-order valence-corrected chi connectivity index (χ1v) is 8.84. The molecule has 21 heavy (non-hydrogen) atoms. The van der Waals surface area contributed by atoms with Gasteiger partial charge in [0.25, 0.3) is 0 Å². The zero-order chi connectivity index (χ0) is 14.1. The highest BCUT2D eigenvalue weighted by molar-refractivity contribution is 5.17. The average Bonchev–Trinajstić information content (AvgIpc) is 3.05. The standard InChI is InChI=1S/C18H28N2O/c1-2-7-18(6-1)8-10-20(11-9-18)14-17-15(5-12-21-17)13-19-16-3-4-16/h5,12,16,19H,1-4,6-11,13-14H2. The summed E-state index contributed by atoms with van der Waals surface area (Å²) in [7, 11) is 0. The van der Waals surface area contributed by atoms with Crippen LogP contribution < -0.4 is 5.32 Å². The van der Waals surface area contributed by atoms with E-state index in [1.54, 1.807) is 0 Å². The van der Waals surface area contributed by atoms with E-state index in [9.17, 15) is 0 Å². The van der Waals surface area contributed by atoms with Gasteiger partial charge in [0.05, 0.1) is 12.8 Å². The molecule has 0 radical (unpaired) electrons. The van der Waals surface area contributed by atoms with Gasteiger partial charge in [-0.25, -0.2) is 0 Å². The van der Waals surface area contributed by atoms with Crippen molar-refractivity contribution in [1.82, 2.24) is 10.2 Å². The second-order valence-electron chi connectivity index (χ2n) is 7.51. The van der Waals surface area contributed by atoms with Gasteiger partial charge in [0, 0.05) is 18.2 Å². The predicted molar refractivity (Wildman–Crippen MR) is 84.0 cm³/mol. The molecule has 2 aliphatic carbocycles. The molecule has 3 nitrogen and oxygen atoms in total. The first-order valence-electron chi connectivity index (χ1n) is 8.84. The quantitative estimate of drug-likeness (QED) is 0.896. The fraction of sp³-hybridized carbons (Fsp3) is 0.778. The highest BCUT2D eigenvalue weighted by atomic mass is 16.3. The Morgan fingerprint density at radius 2 is 1.90 bits per heavy atom. The fourth-order valence-corrected chi connectivity index (χ4v) is 4.22. The van der Waals surface area contributed by atoms with Gasteiger partial charge in [0.2, 0.25) is 0 Å². The maximum atomic E-state index is 5.76. The Hall–Kier alpha value is -0.800. The van der Waals surface area contributed by atoms with Crippen molar-refractivity contribution in [1.29, 1.82) is 0 Å². The third-order valence-electron chi connectivity index (χ3n) is 5.94.